The first-order valence-corrected chi connectivity index (χ1v) is 6.60. The number of halogens is 2. The lowest BCUT2D eigenvalue weighted by Gasteiger charge is -2.21. The van der Waals surface area contributed by atoms with Crippen molar-refractivity contribution in [1.82, 2.24) is 4.90 Å². The van der Waals surface area contributed by atoms with Crippen LogP contribution in [0.3, 0.4) is 0 Å². The summed E-state index contributed by atoms with van der Waals surface area (Å²) < 4.78 is 18.6. The second-order valence-electron chi connectivity index (χ2n) is 3.90. The highest BCUT2D eigenvalue weighted by atomic mass is 79.9. The van der Waals surface area contributed by atoms with E-state index in [9.17, 15) is 14.0 Å². The smallest absolute Gasteiger partial charge is 0.325 e. The van der Waals surface area contributed by atoms with E-state index >= 15 is 0 Å². The molecule has 0 spiro atoms. The summed E-state index contributed by atoms with van der Waals surface area (Å²) in [6.45, 7) is 2.05. The summed E-state index contributed by atoms with van der Waals surface area (Å²) >= 11 is 3.03. The normalized spacial score (nSPS) is 10.1. The topological polar surface area (TPSA) is 46.6 Å². The molecular formula is C13H15BrFNO3. The molecule has 0 atom stereocenters. The highest BCUT2D eigenvalue weighted by Gasteiger charge is 2.22. The maximum atomic E-state index is 13.9. The molecular weight excluding hydrogens is 317 g/mol. The van der Waals surface area contributed by atoms with Crippen molar-refractivity contribution in [2.24, 2.45) is 0 Å². The van der Waals surface area contributed by atoms with Crippen LogP contribution < -0.4 is 0 Å². The van der Waals surface area contributed by atoms with Crippen molar-refractivity contribution in [2.45, 2.75) is 13.3 Å². The van der Waals surface area contributed by atoms with Crippen molar-refractivity contribution in [3.05, 3.63) is 34.1 Å². The van der Waals surface area contributed by atoms with Gasteiger partial charge in [-0.3, -0.25) is 9.59 Å². The number of hydrogen-bond donors (Lipinski definition) is 0. The molecule has 4 nitrogen and oxygen atoms in total. The Morgan fingerprint density at radius 1 is 1.42 bits per heavy atom. The van der Waals surface area contributed by atoms with Gasteiger partial charge in [-0.1, -0.05) is 13.0 Å². The van der Waals surface area contributed by atoms with Gasteiger partial charge in [-0.2, -0.15) is 0 Å². The van der Waals surface area contributed by atoms with Crippen molar-refractivity contribution >= 4 is 27.8 Å². The molecule has 0 aliphatic heterocycles. The fourth-order valence-corrected chi connectivity index (χ4v) is 1.95. The van der Waals surface area contributed by atoms with E-state index in [1.807, 2.05) is 6.92 Å². The number of hydrogen-bond acceptors (Lipinski definition) is 3. The fraction of sp³-hybridized carbons (Fsp3) is 0.385. The number of esters is 1. The summed E-state index contributed by atoms with van der Waals surface area (Å²) in [6, 6.07) is 4.47. The molecule has 0 radical (unpaired) electrons. The molecule has 19 heavy (non-hydrogen) atoms. The molecule has 1 aromatic rings. The predicted molar refractivity (Wildman–Crippen MR) is 72.3 cm³/mol. The average Bonchev–Trinajstić information content (AvgIpc) is 2.40. The van der Waals surface area contributed by atoms with Gasteiger partial charge in [-0.05, 0) is 34.5 Å². The van der Waals surface area contributed by atoms with Crippen LogP contribution in [0.1, 0.15) is 23.7 Å². The number of nitrogens with zero attached hydrogens (tertiary/aromatic N) is 1. The molecule has 0 aliphatic carbocycles. The van der Waals surface area contributed by atoms with Gasteiger partial charge in [0, 0.05) is 6.54 Å². The second kappa shape index (κ2) is 7.23. The second-order valence-corrected chi connectivity index (χ2v) is 4.76. The minimum absolute atomic E-state index is 0.0632. The van der Waals surface area contributed by atoms with Gasteiger partial charge in [0.2, 0.25) is 0 Å². The Balaban J connectivity index is 2.98. The first kappa shape index (κ1) is 15.6. The molecule has 0 saturated carbocycles. The zero-order chi connectivity index (χ0) is 14.4. The third-order valence-corrected chi connectivity index (χ3v) is 3.12. The minimum atomic E-state index is -0.626. The number of benzene rings is 1. The predicted octanol–water partition coefficient (Wildman–Crippen LogP) is 2.61. The number of methoxy groups -OCH3 is 1. The van der Waals surface area contributed by atoms with Gasteiger partial charge >= 0.3 is 5.97 Å². The molecule has 0 bridgehead atoms. The van der Waals surface area contributed by atoms with Crippen LogP contribution in [0.2, 0.25) is 0 Å². The van der Waals surface area contributed by atoms with E-state index in [4.69, 9.17) is 0 Å². The summed E-state index contributed by atoms with van der Waals surface area (Å²) in [6.07, 6.45) is 0.665. The Bertz CT molecular complexity index is 479. The largest absolute Gasteiger partial charge is 0.468 e. The van der Waals surface area contributed by atoms with Crippen LogP contribution in [0.15, 0.2) is 22.7 Å². The average molecular weight is 332 g/mol. The van der Waals surface area contributed by atoms with E-state index in [1.54, 1.807) is 6.07 Å². The number of carbonyl (C=O) groups excluding carboxylic acids is 2. The summed E-state index contributed by atoms with van der Waals surface area (Å²) in [4.78, 5) is 24.8. The summed E-state index contributed by atoms with van der Waals surface area (Å²) in [5.74, 6) is -1.68. The van der Waals surface area contributed by atoms with E-state index in [0.29, 0.717) is 13.0 Å². The van der Waals surface area contributed by atoms with Crippen molar-refractivity contribution in [1.29, 1.82) is 0 Å². The van der Waals surface area contributed by atoms with Crippen LogP contribution >= 0.6 is 15.9 Å². The lowest BCUT2D eigenvalue weighted by molar-refractivity contribution is -0.141. The standard InChI is InChI=1S/C13H15BrFNO3/c1-3-7-16(8-11(17)19-2)13(18)9-5-4-6-10(14)12(9)15/h4-6H,3,7-8H2,1-2H3. The Hall–Kier alpha value is -1.43. The Morgan fingerprint density at radius 2 is 2.11 bits per heavy atom. The van der Waals surface area contributed by atoms with E-state index in [-0.39, 0.29) is 16.6 Å². The van der Waals surface area contributed by atoms with Crippen LogP contribution in [-0.4, -0.2) is 37.0 Å². The van der Waals surface area contributed by atoms with Crippen molar-refractivity contribution < 1.29 is 18.7 Å². The summed E-state index contributed by atoms with van der Waals surface area (Å²) in [7, 11) is 1.25. The highest BCUT2D eigenvalue weighted by molar-refractivity contribution is 9.10. The number of ether oxygens (including phenoxy) is 1. The third kappa shape index (κ3) is 4.02. The van der Waals surface area contributed by atoms with Gasteiger partial charge in [0.05, 0.1) is 17.1 Å². The van der Waals surface area contributed by atoms with Gasteiger partial charge in [-0.25, -0.2) is 4.39 Å². The Morgan fingerprint density at radius 3 is 2.68 bits per heavy atom. The lowest BCUT2D eigenvalue weighted by Crippen LogP contribution is -2.37. The zero-order valence-electron chi connectivity index (χ0n) is 10.8. The van der Waals surface area contributed by atoms with Crippen LogP contribution in [0.25, 0.3) is 0 Å². The zero-order valence-corrected chi connectivity index (χ0v) is 12.4. The van der Waals surface area contributed by atoms with Crippen LogP contribution in [0.4, 0.5) is 4.39 Å². The van der Waals surface area contributed by atoms with Crippen molar-refractivity contribution in [3.8, 4) is 0 Å². The SMILES string of the molecule is CCCN(CC(=O)OC)C(=O)c1cccc(Br)c1F. The van der Waals surface area contributed by atoms with Gasteiger partial charge in [0.1, 0.15) is 12.4 Å². The van der Waals surface area contributed by atoms with Gasteiger partial charge in [-0.15, -0.1) is 0 Å². The molecule has 1 rings (SSSR count). The van der Waals surface area contributed by atoms with E-state index in [2.05, 4.69) is 20.7 Å². The highest BCUT2D eigenvalue weighted by Crippen LogP contribution is 2.20. The molecule has 0 N–H and O–H groups in total. The van der Waals surface area contributed by atoms with Crippen LogP contribution in [0, 0.1) is 5.82 Å². The lowest BCUT2D eigenvalue weighted by atomic mass is 10.2. The molecule has 0 aromatic heterocycles. The maximum absolute atomic E-state index is 13.9. The summed E-state index contributed by atoms with van der Waals surface area (Å²) in [5.41, 5.74) is -0.0632. The Kier molecular flexibility index (Phi) is 5.95. The Labute approximate surface area is 119 Å². The van der Waals surface area contributed by atoms with Crippen molar-refractivity contribution in [2.75, 3.05) is 20.2 Å². The summed E-state index contributed by atoms with van der Waals surface area (Å²) in [5, 5.41) is 0. The van der Waals surface area contributed by atoms with Gasteiger partial charge in [0.15, 0.2) is 0 Å². The van der Waals surface area contributed by atoms with E-state index < -0.39 is 17.7 Å². The third-order valence-electron chi connectivity index (χ3n) is 2.51. The molecule has 0 unspecified atom stereocenters. The minimum Gasteiger partial charge on any atom is -0.468 e. The molecule has 0 fully saturated rings. The van der Waals surface area contributed by atoms with Gasteiger partial charge in [0.25, 0.3) is 5.91 Å². The molecule has 0 heterocycles. The van der Waals surface area contributed by atoms with Gasteiger partial charge < -0.3 is 9.64 Å². The number of amides is 1. The monoisotopic (exact) mass is 331 g/mol. The van der Waals surface area contributed by atoms with Crippen molar-refractivity contribution in [3.63, 3.8) is 0 Å². The molecule has 1 amide bonds. The van der Waals surface area contributed by atoms with E-state index in [1.165, 1.54) is 24.1 Å². The molecule has 6 heteroatoms. The molecule has 0 aliphatic rings. The molecule has 1 aromatic carbocycles. The number of carbonyl (C=O) groups is 2. The molecule has 104 valence electrons. The maximum Gasteiger partial charge on any atom is 0.325 e. The van der Waals surface area contributed by atoms with Crippen LogP contribution in [-0.2, 0) is 9.53 Å². The first-order chi connectivity index (χ1) is 9.01. The molecule has 0 saturated heterocycles. The first-order valence-electron chi connectivity index (χ1n) is 5.81. The van der Waals surface area contributed by atoms with Crippen LogP contribution in [0.5, 0.6) is 0 Å². The number of rotatable bonds is 5. The van der Waals surface area contributed by atoms with E-state index in [0.717, 1.165) is 0 Å². The fourth-order valence-electron chi connectivity index (χ4n) is 1.58. The quantitative estimate of drug-likeness (QED) is 0.779.